The lowest BCUT2D eigenvalue weighted by atomic mass is 10.0. The molecule has 0 fully saturated rings. The molecule has 132 valence electrons. The molecule has 26 heavy (non-hydrogen) atoms. The molecule has 0 N–H and O–H groups in total. The van der Waals surface area contributed by atoms with Gasteiger partial charge in [0, 0.05) is 11.1 Å². The highest BCUT2D eigenvalue weighted by Crippen LogP contribution is 2.13. The molecule has 0 spiro atoms. The van der Waals surface area contributed by atoms with Crippen LogP contribution in [0.3, 0.4) is 0 Å². The minimum absolute atomic E-state index is 0.0752. The van der Waals surface area contributed by atoms with Crippen LogP contribution in [-0.4, -0.2) is 16.9 Å². The number of nitrogens with zero attached hydrogens (tertiary/aromatic N) is 4. The molecule has 2 aromatic rings. The van der Waals surface area contributed by atoms with Crippen LogP contribution in [0.15, 0.2) is 70.9 Å². The molecule has 0 saturated carbocycles. The Hall–Kier alpha value is -3.31. The van der Waals surface area contributed by atoms with E-state index < -0.39 is 11.1 Å². The van der Waals surface area contributed by atoms with E-state index in [2.05, 4.69) is 10.2 Å². The fourth-order valence-corrected chi connectivity index (χ4v) is 1.64. The van der Waals surface area contributed by atoms with Crippen molar-refractivity contribution in [3.63, 3.8) is 0 Å². The summed E-state index contributed by atoms with van der Waals surface area (Å²) < 4.78 is 0. The monoisotopic (exact) mass is 346 g/mol. The quantitative estimate of drug-likeness (QED) is 0.579. The van der Waals surface area contributed by atoms with E-state index in [-0.39, 0.29) is 5.78 Å². The van der Waals surface area contributed by atoms with Gasteiger partial charge in [0.05, 0.1) is 12.1 Å². The summed E-state index contributed by atoms with van der Waals surface area (Å²) in [6, 6.07) is 22.5. The third-order valence-electron chi connectivity index (χ3n) is 3.17. The van der Waals surface area contributed by atoms with Crippen molar-refractivity contribution in [2.45, 2.75) is 38.8 Å². The summed E-state index contributed by atoms with van der Waals surface area (Å²) in [7, 11) is 0. The maximum atomic E-state index is 11.8. The Balaban J connectivity index is 0.000000265. The van der Waals surface area contributed by atoms with Crippen molar-refractivity contribution >= 4 is 5.78 Å². The van der Waals surface area contributed by atoms with Crippen LogP contribution in [-0.2, 0) is 0 Å². The highest BCUT2D eigenvalue weighted by Gasteiger charge is 2.19. The van der Waals surface area contributed by atoms with Gasteiger partial charge >= 0.3 is 0 Å². The Morgan fingerprint density at radius 3 is 1.31 bits per heavy atom. The molecular formula is C21H22N4O. The van der Waals surface area contributed by atoms with Crippen LogP contribution in [0.1, 0.15) is 43.6 Å². The van der Waals surface area contributed by atoms with Gasteiger partial charge in [0.15, 0.2) is 16.9 Å². The smallest absolute Gasteiger partial charge is 0.193 e. The summed E-state index contributed by atoms with van der Waals surface area (Å²) in [6.07, 6.45) is 0. The average Bonchev–Trinajstić information content (AvgIpc) is 2.68. The molecule has 2 aromatic carbocycles. The second-order valence-electron chi connectivity index (χ2n) is 6.60. The van der Waals surface area contributed by atoms with E-state index in [1.54, 1.807) is 27.7 Å². The van der Waals surface area contributed by atoms with E-state index in [0.29, 0.717) is 0 Å². The van der Waals surface area contributed by atoms with Crippen molar-refractivity contribution in [3.8, 4) is 12.1 Å². The minimum atomic E-state index is -0.839. The van der Waals surface area contributed by atoms with E-state index in [4.69, 9.17) is 10.5 Å². The zero-order chi connectivity index (χ0) is 19.6. The summed E-state index contributed by atoms with van der Waals surface area (Å²) >= 11 is 0. The second-order valence-corrected chi connectivity index (χ2v) is 6.60. The third-order valence-corrected chi connectivity index (χ3v) is 3.17. The highest BCUT2D eigenvalue weighted by molar-refractivity contribution is 6.08. The number of benzene rings is 2. The molecule has 0 heterocycles. The first-order valence-electron chi connectivity index (χ1n) is 8.12. The van der Waals surface area contributed by atoms with Gasteiger partial charge in [-0.2, -0.15) is 20.8 Å². The Morgan fingerprint density at radius 2 is 1.04 bits per heavy atom. The highest BCUT2D eigenvalue weighted by atomic mass is 16.1. The number of ketones is 1. The van der Waals surface area contributed by atoms with Crippen LogP contribution in [0.25, 0.3) is 0 Å². The van der Waals surface area contributed by atoms with Crippen LogP contribution in [0.2, 0.25) is 0 Å². The number of carbonyl (C=O) groups is 1. The van der Waals surface area contributed by atoms with Gasteiger partial charge in [0.25, 0.3) is 0 Å². The normalized spacial score (nSPS) is 11.0. The molecule has 0 aliphatic heterocycles. The van der Waals surface area contributed by atoms with E-state index in [9.17, 15) is 4.79 Å². The van der Waals surface area contributed by atoms with Crippen molar-refractivity contribution in [3.05, 3.63) is 71.8 Å². The van der Waals surface area contributed by atoms with Gasteiger partial charge in [-0.05, 0) is 27.7 Å². The van der Waals surface area contributed by atoms with Gasteiger partial charge in [-0.15, -0.1) is 0 Å². The number of carbonyl (C=O) groups excluding carboxylic acids is 1. The number of hydrogen-bond acceptors (Lipinski definition) is 5. The van der Waals surface area contributed by atoms with Crippen molar-refractivity contribution in [1.29, 1.82) is 10.5 Å². The molecule has 0 saturated heterocycles. The zero-order valence-corrected chi connectivity index (χ0v) is 15.5. The van der Waals surface area contributed by atoms with Gasteiger partial charge in [0.1, 0.15) is 0 Å². The zero-order valence-electron chi connectivity index (χ0n) is 15.5. The summed E-state index contributed by atoms with van der Waals surface area (Å²) in [4.78, 5) is 11.8. The van der Waals surface area contributed by atoms with E-state index in [1.165, 1.54) is 0 Å². The van der Waals surface area contributed by atoms with Gasteiger partial charge in [-0.25, -0.2) is 0 Å². The Morgan fingerprint density at radius 1 is 0.731 bits per heavy atom. The largest absolute Gasteiger partial charge is 0.289 e. The molecule has 5 nitrogen and oxygen atoms in total. The lowest BCUT2D eigenvalue weighted by molar-refractivity contribution is 0.103. The maximum Gasteiger partial charge on any atom is 0.193 e. The van der Waals surface area contributed by atoms with Crippen molar-refractivity contribution in [2.75, 3.05) is 0 Å². The molecule has 0 unspecified atom stereocenters. The van der Waals surface area contributed by atoms with Crippen LogP contribution < -0.4 is 0 Å². The van der Waals surface area contributed by atoms with Crippen LogP contribution >= 0.6 is 0 Å². The lowest BCUT2D eigenvalue weighted by Gasteiger charge is -2.11. The summed E-state index contributed by atoms with van der Waals surface area (Å²) in [5, 5.41) is 24.7. The lowest BCUT2D eigenvalue weighted by Crippen LogP contribution is -2.17. The minimum Gasteiger partial charge on any atom is -0.289 e. The third kappa shape index (κ3) is 7.07. The molecule has 0 aliphatic carbocycles. The van der Waals surface area contributed by atoms with Gasteiger partial charge in [-0.3, -0.25) is 4.79 Å². The molecule has 0 radical (unpaired) electrons. The number of hydrogen-bond donors (Lipinski definition) is 0. The van der Waals surface area contributed by atoms with Crippen LogP contribution in [0.4, 0.5) is 0 Å². The molecular weight excluding hydrogens is 324 g/mol. The van der Waals surface area contributed by atoms with Crippen LogP contribution in [0, 0.1) is 22.7 Å². The van der Waals surface area contributed by atoms with Crippen LogP contribution in [0.5, 0.6) is 0 Å². The number of azo groups is 1. The van der Waals surface area contributed by atoms with E-state index >= 15 is 0 Å². The first-order valence-corrected chi connectivity index (χ1v) is 8.12. The van der Waals surface area contributed by atoms with Crippen molar-refractivity contribution < 1.29 is 4.79 Å². The van der Waals surface area contributed by atoms with Gasteiger partial charge < -0.3 is 0 Å². The predicted octanol–water partition coefficient (Wildman–Crippen LogP) is 4.96. The molecule has 0 aliphatic rings. The van der Waals surface area contributed by atoms with Gasteiger partial charge in [0.2, 0.25) is 0 Å². The second kappa shape index (κ2) is 9.25. The molecule has 0 atom stereocenters. The predicted molar refractivity (Wildman–Crippen MR) is 101 cm³/mol. The molecule has 2 rings (SSSR count). The fourth-order valence-electron chi connectivity index (χ4n) is 1.64. The Kier molecular flexibility index (Phi) is 7.37. The first kappa shape index (κ1) is 20.7. The number of nitriles is 2. The molecule has 0 aromatic heterocycles. The SMILES string of the molecule is CC(C)(C#N)N=NC(C)(C)C#N.O=C(c1ccccc1)c1ccccc1. The van der Waals surface area contributed by atoms with Crippen molar-refractivity contribution in [2.24, 2.45) is 10.2 Å². The summed E-state index contributed by atoms with van der Waals surface area (Å²) in [6.45, 7) is 6.57. The van der Waals surface area contributed by atoms with Crippen molar-refractivity contribution in [1.82, 2.24) is 0 Å². The standard InChI is InChI=1S/C13H10O.C8H12N4/c14-13(11-7-3-1-4-8-11)12-9-5-2-6-10-12;1-7(2,5-9)11-12-8(3,4)6-10/h1-10H;1-4H3. The fraction of sp³-hybridized carbons (Fsp3) is 0.286. The Labute approximate surface area is 154 Å². The molecule has 0 bridgehead atoms. The Bertz CT molecular complexity index is 756. The summed E-state index contributed by atoms with van der Waals surface area (Å²) in [5.74, 6) is 0.0752. The average molecular weight is 346 g/mol. The van der Waals surface area contributed by atoms with E-state index in [0.717, 1.165) is 11.1 Å². The number of rotatable bonds is 4. The molecule has 5 heteroatoms. The van der Waals surface area contributed by atoms with E-state index in [1.807, 2.05) is 72.8 Å². The van der Waals surface area contributed by atoms with Gasteiger partial charge in [-0.1, -0.05) is 60.7 Å². The topological polar surface area (TPSA) is 89.4 Å². The summed E-state index contributed by atoms with van der Waals surface area (Å²) in [5.41, 5.74) is -0.209. The molecule has 0 amide bonds. The first-order chi connectivity index (χ1) is 12.2. The maximum absolute atomic E-state index is 11.8.